The summed E-state index contributed by atoms with van der Waals surface area (Å²) in [5.41, 5.74) is 9.13. The number of aryl methyl sites for hydroxylation is 1. The second-order valence-electron chi connectivity index (χ2n) is 7.62. The van der Waals surface area contributed by atoms with Crippen molar-refractivity contribution in [1.29, 1.82) is 0 Å². The molecule has 1 aromatic carbocycles. The lowest BCUT2D eigenvalue weighted by molar-refractivity contribution is -0.142. The lowest BCUT2D eigenvalue weighted by atomic mass is 9.88. The van der Waals surface area contributed by atoms with E-state index in [4.69, 9.17) is 15.9 Å². The van der Waals surface area contributed by atoms with E-state index >= 15 is 0 Å². The van der Waals surface area contributed by atoms with Gasteiger partial charge in [0.05, 0.1) is 28.7 Å². The Morgan fingerprint density at radius 1 is 1.43 bits per heavy atom. The van der Waals surface area contributed by atoms with E-state index in [1.165, 1.54) is 23.9 Å². The number of nitrogens with two attached hydrogens (primary N) is 2. The van der Waals surface area contributed by atoms with E-state index < -0.39 is 5.97 Å². The van der Waals surface area contributed by atoms with Gasteiger partial charge in [-0.05, 0) is 44.7 Å². The Morgan fingerprint density at radius 3 is 2.93 bits per heavy atom. The van der Waals surface area contributed by atoms with Crippen LogP contribution < -0.4 is 21.2 Å². The molecule has 6 N–H and O–H groups in total. The van der Waals surface area contributed by atoms with Crippen LogP contribution in [0.15, 0.2) is 18.5 Å². The van der Waals surface area contributed by atoms with Crippen molar-refractivity contribution in [3.8, 4) is 5.75 Å². The highest BCUT2D eigenvalue weighted by Gasteiger charge is 2.29. The molecular formula is C21H24N5O3S+. The molecule has 0 spiro atoms. The number of nitrogen functional groups attached to an aromatic ring is 1. The first-order valence-electron chi connectivity index (χ1n) is 9.77. The van der Waals surface area contributed by atoms with Crippen LogP contribution in [0.5, 0.6) is 5.75 Å². The van der Waals surface area contributed by atoms with Gasteiger partial charge >= 0.3 is 5.97 Å². The summed E-state index contributed by atoms with van der Waals surface area (Å²) in [4.78, 5) is 22.2. The van der Waals surface area contributed by atoms with E-state index in [1.54, 1.807) is 6.07 Å². The van der Waals surface area contributed by atoms with Gasteiger partial charge in [0.1, 0.15) is 22.7 Å². The van der Waals surface area contributed by atoms with Gasteiger partial charge in [0.25, 0.3) is 0 Å². The fraction of sp³-hybridized carbons (Fsp3) is 0.333. The number of carboxylic acids is 1. The van der Waals surface area contributed by atoms with Gasteiger partial charge in [-0.3, -0.25) is 10.2 Å². The number of nitrogens with zero attached hydrogens (tertiary/aromatic N) is 2. The van der Waals surface area contributed by atoms with Crippen molar-refractivity contribution in [2.45, 2.75) is 39.2 Å². The molecule has 8 nitrogen and oxygen atoms in total. The molecule has 1 aliphatic carbocycles. The highest BCUT2D eigenvalue weighted by molar-refractivity contribution is 7.19. The minimum Gasteiger partial charge on any atom is -0.489 e. The first-order valence-corrected chi connectivity index (χ1v) is 10.6. The van der Waals surface area contributed by atoms with Gasteiger partial charge in [-0.25, -0.2) is 9.97 Å². The van der Waals surface area contributed by atoms with Crippen molar-refractivity contribution >= 4 is 50.9 Å². The highest BCUT2D eigenvalue weighted by atomic mass is 32.1. The van der Waals surface area contributed by atoms with Gasteiger partial charge in [-0.15, -0.1) is 11.3 Å². The predicted molar refractivity (Wildman–Crippen MR) is 118 cm³/mol. The second-order valence-corrected chi connectivity index (χ2v) is 8.70. The van der Waals surface area contributed by atoms with E-state index in [9.17, 15) is 9.90 Å². The summed E-state index contributed by atoms with van der Waals surface area (Å²) in [5, 5.41) is 19.4. The van der Waals surface area contributed by atoms with Crippen LogP contribution in [0.4, 0.5) is 17.2 Å². The summed E-state index contributed by atoms with van der Waals surface area (Å²) < 4.78 is 5.94. The number of carbonyl (C=O) groups is 1. The van der Waals surface area contributed by atoms with Gasteiger partial charge < -0.3 is 20.9 Å². The topological polar surface area (TPSA) is 136 Å². The number of anilines is 3. The van der Waals surface area contributed by atoms with Gasteiger partial charge in [-0.2, -0.15) is 0 Å². The number of aliphatic carboxylic acids is 1. The number of carboxylic acid groups (broad SMARTS) is 1. The minimum absolute atomic E-state index is 0.0371. The molecule has 0 aliphatic heterocycles. The van der Waals surface area contributed by atoms with Crippen molar-refractivity contribution in [2.24, 2.45) is 5.92 Å². The summed E-state index contributed by atoms with van der Waals surface area (Å²) in [6.07, 6.45) is 4.75. The second kappa shape index (κ2) is 7.91. The molecule has 0 radical (unpaired) electrons. The smallest absolute Gasteiger partial charge is 0.306 e. The molecule has 1 atom stereocenters. The third-order valence-electron chi connectivity index (χ3n) is 5.18. The Bertz CT molecular complexity index is 1140. The standard InChI is InChI=1S/C21H23N5O3S/c1-10(2)29-16-7-14(23)12(8-22)5-15(16)26-19-18-13-4-3-11(21(27)28)6-17(13)30-20(18)25-9-24-19/h5,7-11,22H,3-4,6,23H2,1-2H3,(H,27,28)(H,24,25,26)/p+1/t11-/m0/s1. The third kappa shape index (κ3) is 3.68. The molecule has 156 valence electrons. The summed E-state index contributed by atoms with van der Waals surface area (Å²) in [6, 6.07) is 3.58. The number of hydrogen-bond acceptors (Lipinski definition) is 7. The van der Waals surface area contributed by atoms with Crippen LogP contribution in [0.1, 0.15) is 36.3 Å². The van der Waals surface area contributed by atoms with Crippen LogP contribution >= 0.6 is 11.3 Å². The van der Waals surface area contributed by atoms with Crippen molar-refractivity contribution in [3.63, 3.8) is 0 Å². The maximum absolute atomic E-state index is 11.4. The SMILES string of the molecule is CC(C)Oc1cc(N)c(C=[NH2+])cc1Nc1ncnc2sc3c(c12)CC[C@H](C(=O)O)C3. The van der Waals surface area contributed by atoms with E-state index in [-0.39, 0.29) is 12.0 Å². The van der Waals surface area contributed by atoms with Crippen LogP contribution in [0.25, 0.3) is 10.2 Å². The molecule has 1 aliphatic rings. The van der Waals surface area contributed by atoms with Crippen LogP contribution in [0, 0.1) is 5.92 Å². The summed E-state index contributed by atoms with van der Waals surface area (Å²) >= 11 is 1.54. The van der Waals surface area contributed by atoms with Gasteiger partial charge in [0, 0.05) is 16.6 Å². The number of fused-ring (bicyclic) bond motifs is 3. The normalized spacial score (nSPS) is 15.8. The molecule has 0 amide bonds. The fourth-order valence-electron chi connectivity index (χ4n) is 3.75. The van der Waals surface area contributed by atoms with Gasteiger partial charge in [-0.1, -0.05) is 0 Å². The quantitative estimate of drug-likeness (QED) is 0.350. The fourth-order valence-corrected chi connectivity index (χ4v) is 5.02. The zero-order valence-electron chi connectivity index (χ0n) is 16.8. The van der Waals surface area contributed by atoms with Gasteiger partial charge in [0.15, 0.2) is 6.21 Å². The molecule has 3 aromatic rings. The molecule has 0 unspecified atom stereocenters. The number of ether oxygens (including phenoxy) is 1. The summed E-state index contributed by atoms with van der Waals surface area (Å²) in [5.74, 6) is 0.175. The Kier molecular flexibility index (Phi) is 5.29. The average molecular weight is 427 g/mol. The number of nitrogens with one attached hydrogen (secondary N) is 1. The number of thiophene rings is 1. The molecule has 0 fully saturated rings. The van der Waals surface area contributed by atoms with Crippen LogP contribution in [-0.2, 0) is 17.6 Å². The molecule has 2 heterocycles. The Morgan fingerprint density at radius 2 is 2.23 bits per heavy atom. The van der Waals surface area contributed by atoms with Crippen molar-refractivity contribution in [1.82, 2.24) is 9.97 Å². The highest BCUT2D eigenvalue weighted by Crippen LogP contribution is 2.41. The van der Waals surface area contributed by atoms with Crippen molar-refractivity contribution in [2.75, 3.05) is 11.1 Å². The monoisotopic (exact) mass is 426 g/mol. The largest absolute Gasteiger partial charge is 0.489 e. The minimum atomic E-state index is -0.745. The molecular weight excluding hydrogens is 402 g/mol. The lowest BCUT2D eigenvalue weighted by Crippen LogP contribution is -2.30. The van der Waals surface area contributed by atoms with Crippen LogP contribution in [0.3, 0.4) is 0 Å². The van der Waals surface area contributed by atoms with Crippen molar-refractivity contribution < 1.29 is 20.0 Å². The molecule has 2 aromatic heterocycles. The summed E-state index contributed by atoms with van der Waals surface area (Å²) in [7, 11) is 0. The van der Waals surface area contributed by atoms with Crippen LogP contribution in [-0.4, -0.2) is 33.4 Å². The zero-order valence-corrected chi connectivity index (χ0v) is 17.6. The maximum Gasteiger partial charge on any atom is 0.306 e. The van der Waals surface area contributed by atoms with E-state index in [0.29, 0.717) is 47.8 Å². The Labute approximate surface area is 177 Å². The predicted octanol–water partition coefficient (Wildman–Crippen LogP) is 2.17. The van der Waals surface area contributed by atoms with E-state index in [2.05, 4.69) is 15.3 Å². The van der Waals surface area contributed by atoms with Crippen LogP contribution in [0.2, 0.25) is 0 Å². The average Bonchev–Trinajstić information content (AvgIpc) is 3.08. The molecule has 9 heteroatoms. The van der Waals surface area contributed by atoms with E-state index in [1.807, 2.05) is 19.9 Å². The van der Waals surface area contributed by atoms with Crippen molar-refractivity contribution in [3.05, 3.63) is 34.5 Å². The first kappa shape index (κ1) is 20.1. The number of hydrogen-bond donors (Lipinski definition) is 4. The summed E-state index contributed by atoms with van der Waals surface area (Å²) in [6.45, 7) is 3.89. The first-order chi connectivity index (χ1) is 14.4. The number of aromatic nitrogens is 2. The zero-order chi connectivity index (χ0) is 21.4. The number of benzene rings is 1. The van der Waals surface area contributed by atoms with E-state index in [0.717, 1.165) is 20.7 Å². The lowest BCUT2D eigenvalue weighted by Gasteiger charge is -2.19. The number of rotatable bonds is 6. The third-order valence-corrected chi connectivity index (χ3v) is 6.34. The molecule has 0 saturated carbocycles. The molecule has 0 bridgehead atoms. The Hall–Kier alpha value is -3.20. The molecule has 0 saturated heterocycles. The maximum atomic E-state index is 11.4. The molecule has 4 rings (SSSR count). The van der Waals surface area contributed by atoms with Gasteiger partial charge in [0.2, 0.25) is 0 Å². The Balaban J connectivity index is 1.78. The molecule has 30 heavy (non-hydrogen) atoms.